The van der Waals surface area contributed by atoms with Crippen molar-refractivity contribution < 1.29 is 4.74 Å². The predicted octanol–water partition coefficient (Wildman–Crippen LogP) is 2.92. The van der Waals surface area contributed by atoms with Gasteiger partial charge in [-0.3, -0.25) is 0 Å². The fraction of sp³-hybridized carbons (Fsp3) is 0.286. The summed E-state index contributed by atoms with van der Waals surface area (Å²) in [7, 11) is 0. The number of para-hydroxylation sites is 1. The normalized spacial score (nSPS) is 17.9. The van der Waals surface area contributed by atoms with Gasteiger partial charge in [-0.15, -0.1) is 0 Å². The monoisotopic (exact) mass is 387 g/mol. The lowest BCUT2D eigenvalue weighted by molar-refractivity contribution is 0.321. The number of anilines is 2. The molecule has 0 bridgehead atoms. The molecule has 1 aliphatic heterocycles. The molecular formula is C21H21N7O. The highest BCUT2D eigenvalue weighted by Crippen LogP contribution is 2.36. The summed E-state index contributed by atoms with van der Waals surface area (Å²) in [4.78, 5) is 12.9. The molecule has 1 aromatic carbocycles. The van der Waals surface area contributed by atoms with Gasteiger partial charge in [-0.2, -0.15) is 15.1 Å². The Hall–Kier alpha value is -3.55. The van der Waals surface area contributed by atoms with Crippen LogP contribution >= 0.6 is 0 Å². The minimum absolute atomic E-state index is 0.275. The van der Waals surface area contributed by atoms with E-state index in [0.29, 0.717) is 24.1 Å². The summed E-state index contributed by atoms with van der Waals surface area (Å²) in [6.07, 6.45) is 6.55. The van der Waals surface area contributed by atoms with Crippen LogP contribution in [0.2, 0.25) is 0 Å². The van der Waals surface area contributed by atoms with Gasteiger partial charge in [0.2, 0.25) is 5.75 Å². The summed E-state index contributed by atoms with van der Waals surface area (Å²) >= 11 is 0. The topological polar surface area (TPSA) is 92.7 Å². The number of aromatic nitrogens is 5. The minimum Gasteiger partial charge on any atom is -0.485 e. The molecule has 6 rings (SSSR count). The smallest absolute Gasteiger partial charge is 0.254 e. The molecule has 1 aliphatic carbocycles. The number of benzene rings is 1. The van der Waals surface area contributed by atoms with Crippen molar-refractivity contribution in [3.8, 4) is 11.7 Å². The van der Waals surface area contributed by atoms with E-state index in [0.717, 1.165) is 31.6 Å². The van der Waals surface area contributed by atoms with Crippen LogP contribution in [0.3, 0.4) is 0 Å². The van der Waals surface area contributed by atoms with Crippen LogP contribution in [0.5, 0.6) is 5.75 Å². The van der Waals surface area contributed by atoms with E-state index in [1.165, 1.54) is 22.2 Å². The van der Waals surface area contributed by atoms with Gasteiger partial charge in [-0.25, -0.2) is 4.68 Å². The second-order valence-electron chi connectivity index (χ2n) is 7.49. The minimum atomic E-state index is 0.275. The molecule has 8 heteroatoms. The van der Waals surface area contributed by atoms with Gasteiger partial charge in [0.1, 0.15) is 6.61 Å². The Morgan fingerprint density at radius 1 is 1.17 bits per heavy atom. The zero-order chi connectivity index (χ0) is 19.2. The quantitative estimate of drug-likeness (QED) is 0.501. The van der Waals surface area contributed by atoms with Gasteiger partial charge in [0.25, 0.3) is 5.95 Å². The first-order valence-electron chi connectivity index (χ1n) is 9.99. The predicted molar refractivity (Wildman–Crippen MR) is 111 cm³/mol. The molecule has 4 heterocycles. The number of aryl methyl sites for hydroxylation is 1. The van der Waals surface area contributed by atoms with Crippen molar-refractivity contribution in [3.05, 3.63) is 54.0 Å². The molecule has 0 fully saturated rings. The van der Waals surface area contributed by atoms with Crippen LogP contribution in [0.4, 0.5) is 11.6 Å². The molecule has 2 aliphatic rings. The SMILES string of the molecule is c1ccc2c3c([nH]c2c1)CC[C@@H](Nc1nc(-n2cccn2)nc2c1OCCN2)C3. The fourth-order valence-electron chi connectivity index (χ4n) is 4.29. The maximum absolute atomic E-state index is 5.91. The molecule has 29 heavy (non-hydrogen) atoms. The Morgan fingerprint density at radius 2 is 2.14 bits per heavy atom. The van der Waals surface area contributed by atoms with Gasteiger partial charge < -0.3 is 20.4 Å². The highest BCUT2D eigenvalue weighted by Gasteiger charge is 2.26. The summed E-state index contributed by atoms with van der Waals surface area (Å²) in [6, 6.07) is 10.7. The molecule has 0 unspecified atom stereocenters. The fourth-order valence-corrected chi connectivity index (χ4v) is 4.29. The number of hydrogen-bond donors (Lipinski definition) is 3. The van der Waals surface area contributed by atoms with E-state index in [1.54, 1.807) is 10.9 Å². The Bertz CT molecular complexity index is 1180. The Kier molecular flexibility index (Phi) is 3.68. The van der Waals surface area contributed by atoms with Crippen molar-refractivity contribution in [1.29, 1.82) is 0 Å². The molecule has 0 saturated heterocycles. The van der Waals surface area contributed by atoms with Crippen molar-refractivity contribution in [3.63, 3.8) is 0 Å². The third-order valence-electron chi connectivity index (χ3n) is 5.64. The summed E-state index contributed by atoms with van der Waals surface area (Å²) in [5.74, 6) is 2.65. The van der Waals surface area contributed by atoms with Crippen LogP contribution in [0.25, 0.3) is 16.9 Å². The van der Waals surface area contributed by atoms with Gasteiger partial charge in [0.05, 0.1) is 6.54 Å². The first kappa shape index (κ1) is 16.4. The molecule has 3 N–H and O–H groups in total. The Balaban J connectivity index is 1.35. The highest BCUT2D eigenvalue weighted by molar-refractivity contribution is 5.85. The lowest BCUT2D eigenvalue weighted by atomic mass is 9.91. The van der Waals surface area contributed by atoms with Crippen LogP contribution in [0.1, 0.15) is 17.7 Å². The summed E-state index contributed by atoms with van der Waals surface area (Å²) < 4.78 is 7.57. The molecule has 1 atom stereocenters. The van der Waals surface area contributed by atoms with Gasteiger partial charge in [0.15, 0.2) is 11.6 Å². The second-order valence-corrected chi connectivity index (χ2v) is 7.49. The van der Waals surface area contributed by atoms with E-state index in [2.05, 4.69) is 50.0 Å². The van der Waals surface area contributed by atoms with Gasteiger partial charge in [0, 0.05) is 35.0 Å². The number of aromatic amines is 1. The molecule has 146 valence electrons. The number of H-pyrrole nitrogens is 1. The molecule has 3 aromatic heterocycles. The maximum Gasteiger partial charge on any atom is 0.254 e. The van der Waals surface area contributed by atoms with Gasteiger partial charge >= 0.3 is 0 Å². The van der Waals surface area contributed by atoms with E-state index in [4.69, 9.17) is 9.72 Å². The van der Waals surface area contributed by atoms with E-state index >= 15 is 0 Å². The standard InChI is InChI=1S/C21H21N7O/c1-2-5-16-14(4-1)15-12-13(6-7-17(15)25-16)24-20-18-19(22-9-11-29-18)26-21(27-20)28-10-3-8-23-28/h1-5,8,10,13,25H,6-7,9,11-12H2,(H2,22,24,26,27)/t13-/m1/s1. The van der Waals surface area contributed by atoms with Crippen LogP contribution in [0, 0.1) is 0 Å². The van der Waals surface area contributed by atoms with Crippen LogP contribution in [-0.4, -0.2) is 43.9 Å². The summed E-state index contributed by atoms with van der Waals surface area (Å²) in [5, 5.41) is 12.5. The van der Waals surface area contributed by atoms with E-state index in [-0.39, 0.29) is 6.04 Å². The summed E-state index contributed by atoms with van der Waals surface area (Å²) in [6.45, 7) is 1.33. The van der Waals surface area contributed by atoms with Crippen LogP contribution in [-0.2, 0) is 12.8 Å². The zero-order valence-corrected chi connectivity index (χ0v) is 15.9. The highest BCUT2D eigenvalue weighted by atomic mass is 16.5. The van der Waals surface area contributed by atoms with Crippen molar-refractivity contribution >= 4 is 22.5 Å². The number of hydrogen-bond acceptors (Lipinski definition) is 6. The molecular weight excluding hydrogens is 366 g/mol. The molecule has 0 radical (unpaired) electrons. The van der Waals surface area contributed by atoms with E-state index < -0.39 is 0 Å². The molecule has 0 amide bonds. The second kappa shape index (κ2) is 6.51. The molecule has 0 spiro atoms. The van der Waals surface area contributed by atoms with E-state index in [1.807, 2.05) is 12.3 Å². The number of rotatable bonds is 3. The van der Waals surface area contributed by atoms with Crippen molar-refractivity contribution in [1.82, 2.24) is 24.7 Å². The third kappa shape index (κ3) is 2.79. The molecule has 4 aromatic rings. The van der Waals surface area contributed by atoms with Crippen LogP contribution in [0.15, 0.2) is 42.7 Å². The largest absolute Gasteiger partial charge is 0.485 e. The number of fused-ring (bicyclic) bond motifs is 4. The average Bonchev–Trinajstić information content (AvgIpc) is 3.42. The van der Waals surface area contributed by atoms with Crippen molar-refractivity contribution in [2.24, 2.45) is 0 Å². The van der Waals surface area contributed by atoms with E-state index in [9.17, 15) is 0 Å². The van der Waals surface area contributed by atoms with Gasteiger partial charge in [-0.05, 0) is 37.0 Å². The number of nitrogens with zero attached hydrogens (tertiary/aromatic N) is 4. The number of nitrogens with one attached hydrogen (secondary N) is 3. The van der Waals surface area contributed by atoms with Gasteiger partial charge in [-0.1, -0.05) is 18.2 Å². The average molecular weight is 387 g/mol. The first-order chi connectivity index (χ1) is 14.3. The zero-order valence-electron chi connectivity index (χ0n) is 15.9. The first-order valence-corrected chi connectivity index (χ1v) is 9.99. The Morgan fingerprint density at radius 3 is 3.07 bits per heavy atom. The summed E-state index contributed by atoms with van der Waals surface area (Å²) in [5.41, 5.74) is 3.97. The number of ether oxygens (including phenoxy) is 1. The lowest BCUT2D eigenvalue weighted by Gasteiger charge is -2.27. The van der Waals surface area contributed by atoms with Crippen LogP contribution < -0.4 is 15.4 Å². The maximum atomic E-state index is 5.91. The van der Waals surface area contributed by atoms with Crippen molar-refractivity contribution in [2.75, 3.05) is 23.8 Å². The lowest BCUT2D eigenvalue weighted by Crippen LogP contribution is -2.29. The molecule has 0 saturated carbocycles. The molecule has 8 nitrogen and oxygen atoms in total. The Labute approximate surface area is 167 Å². The van der Waals surface area contributed by atoms with Crippen molar-refractivity contribution in [2.45, 2.75) is 25.3 Å². The third-order valence-corrected chi connectivity index (χ3v) is 5.64.